The van der Waals surface area contributed by atoms with Crippen molar-refractivity contribution in [1.82, 2.24) is 0 Å². The molecule has 0 radical (unpaired) electrons. The van der Waals surface area contributed by atoms with E-state index in [2.05, 4.69) is 22.7 Å². The van der Waals surface area contributed by atoms with Gasteiger partial charge in [-0.2, -0.15) is 5.10 Å². The molecule has 0 aromatic heterocycles. The highest BCUT2D eigenvalue weighted by Crippen LogP contribution is 2.07. The maximum Gasteiger partial charge on any atom is 0.123 e. The number of aryl methyl sites for hydroxylation is 1. The van der Waals surface area contributed by atoms with Crippen LogP contribution in [0.15, 0.2) is 59.7 Å². The van der Waals surface area contributed by atoms with Crippen LogP contribution in [0.25, 0.3) is 0 Å². The summed E-state index contributed by atoms with van der Waals surface area (Å²) in [7, 11) is 0. The number of hydrazone groups is 1. The molecule has 2 rings (SSSR count). The highest BCUT2D eigenvalue weighted by Gasteiger charge is 1.91. The maximum atomic E-state index is 12.7. The molecule has 3 heteroatoms. The predicted molar refractivity (Wildman–Crippen MR) is 73.3 cm³/mol. The smallest absolute Gasteiger partial charge is 0.123 e. The second-order valence-electron chi connectivity index (χ2n) is 3.95. The number of hydrogen-bond acceptors (Lipinski definition) is 2. The Morgan fingerprint density at radius 1 is 1.00 bits per heavy atom. The van der Waals surface area contributed by atoms with Crippen LogP contribution in [-0.4, -0.2) is 6.21 Å². The van der Waals surface area contributed by atoms with E-state index in [-0.39, 0.29) is 5.82 Å². The Morgan fingerprint density at radius 2 is 1.72 bits per heavy atom. The van der Waals surface area contributed by atoms with Crippen molar-refractivity contribution in [1.29, 1.82) is 0 Å². The summed E-state index contributed by atoms with van der Waals surface area (Å²) >= 11 is 0. The van der Waals surface area contributed by atoms with E-state index in [1.807, 2.05) is 24.4 Å². The lowest BCUT2D eigenvalue weighted by Crippen LogP contribution is -1.91. The fourth-order valence-electron chi connectivity index (χ4n) is 1.59. The lowest BCUT2D eigenvalue weighted by Gasteiger charge is -1.99. The van der Waals surface area contributed by atoms with E-state index in [1.54, 1.807) is 12.1 Å². The summed E-state index contributed by atoms with van der Waals surface area (Å²) in [4.78, 5) is 0. The number of nitrogens with one attached hydrogen (secondary N) is 1. The quantitative estimate of drug-likeness (QED) is 0.625. The van der Waals surface area contributed by atoms with E-state index in [4.69, 9.17) is 0 Å². The average Bonchev–Trinajstić information content (AvgIpc) is 2.42. The van der Waals surface area contributed by atoms with Gasteiger partial charge in [-0.3, -0.25) is 5.43 Å². The van der Waals surface area contributed by atoms with Crippen LogP contribution in [0.5, 0.6) is 0 Å². The summed E-state index contributed by atoms with van der Waals surface area (Å²) in [5.74, 6) is -0.242. The Morgan fingerprint density at radius 3 is 2.44 bits per heavy atom. The van der Waals surface area contributed by atoms with Gasteiger partial charge >= 0.3 is 0 Å². The van der Waals surface area contributed by atoms with Crippen LogP contribution in [0.1, 0.15) is 12.0 Å². The first kappa shape index (κ1) is 12.3. The van der Waals surface area contributed by atoms with Gasteiger partial charge < -0.3 is 0 Å². The molecule has 2 aromatic carbocycles. The SMILES string of the molecule is Fc1ccc(NN=CCCc2ccccc2)cc1. The number of anilines is 1. The molecule has 0 amide bonds. The minimum absolute atomic E-state index is 0.242. The van der Waals surface area contributed by atoms with Crippen LogP contribution in [0, 0.1) is 5.82 Å². The molecule has 92 valence electrons. The molecule has 0 unspecified atom stereocenters. The zero-order valence-electron chi connectivity index (χ0n) is 10.0. The molecule has 2 nitrogen and oxygen atoms in total. The largest absolute Gasteiger partial charge is 0.279 e. The second kappa shape index (κ2) is 6.55. The fourth-order valence-corrected chi connectivity index (χ4v) is 1.59. The third kappa shape index (κ3) is 4.01. The van der Waals surface area contributed by atoms with Gasteiger partial charge in [-0.1, -0.05) is 30.3 Å². The Balaban J connectivity index is 1.74. The Hall–Kier alpha value is -2.16. The monoisotopic (exact) mass is 242 g/mol. The molecule has 0 fully saturated rings. The zero-order valence-corrected chi connectivity index (χ0v) is 10.0. The minimum atomic E-state index is -0.242. The van der Waals surface area contributed by atoms with Crippen molar-refractivity contribution in [2.75, 3.05) is 5.43 Å². The molecular weight excluding hydrogens is 227 g/mol. The van der Waals surface area contributed by atoms with Crippen LogP contribution in [0.3, 0.4) is 0 Å². The Kier molecular flexibility index (Phi) is 4.47. The summed E-state index contributed by atoms with van der Waals surface area (Å²) in [5, 5.41) is 4.09. The van der Waals surface area contributed by atoms with Gasteiger partial charge in [-0.05, 0) is 42.7 Å². The average molecular weight is 242 g/mol. The molecule has 0 bridgehead atoms. The first-order chi connectivity index (χ1) is 8.84. The molecule has 0 aliphatic carbocycles. The van der Waals surface area contributed by atoms with Crippen molar-refractivity contribution < 1.29 is 4.39 Å². The van der Waals surface area contributed by atoms with Crippen LogP contribution in [-0.2, 0) is 6.42 Å². The number of hydrogen-bond donors (Lipinski definition) is 1. The van der Waals surface area contributed by atoms with Crippen molar-refractivity contribution in [3.8, 4) is 0 Å². The molecule has 0 aliphatic rings. The van der Waals surface area contributed by atoms with Crippen LogP contribution in [0.2, 0.25) is 0 Å². The Labute approximate surface area is 106 Å². The standard InChI is InChI=1S/C15H15FN2/c16-14-8-10-15(11-9-14)18-17-12-4-7-13-5-2-1-3-6-13/h1-3,5-6,8-12,18H,4,7H2. The third-order valence-electron chi connectivity index (χ3n) is 2.53. The van der Waals surface area contributed by atoms with E-state index in [0.717, 1.165) is 18.5 Å². The van der Waals surface area contributed by atoms with Crippen LogP contribution in [0.4, 0.5) is 10.1 Å². The van der Waals surface area contributed by atoms with E-state index in [0.29, 0.717) is 0 Å². The molecule has 18 heavy (non-hydrogen) atoms. The first-order valence-electron chi connectivity index (χ1n) is 5.91. The van der Waals surface area contributed by atoms with Gasteiger partial charge in [0.1, 0.15) is 5.82 Å². The van der Waals surface area contributed by atoms with E-state index in [9.17, 15) is 4.39 Å². The zero-order chi connectivity index (χ0) is 12.6. The highest BCUT2D eigenvalue weighted by atomic mass is 19.1. The van der Waals surface area contributed by atoms with Gasteiger partial charge in [-0.25, -0.2) is 4.39 Å². The summed E-state index contributed by atoms with van der Waals surface area (Å²) < 4.78 is 12.7. The molecule has 0 heterocycles. The molecule has 0 saturated heterocycles. The topological polar surface area (TPSA) is 24.4 Å². The van der Waals surface area contributed by atoms with Gasteiger partial charge in [-0.15, -0.1) is 0 Å². The van der Waals surface area contributed by atoms with Gasteiger partial charge in [0.25, 0.3) is 0 Å². The van der Waals surface area contributed by atoms with Gasteiger partial charge in [0.15, 0.2) is 0 Å². The van der Waals surface area contributed by atoms with Gasteiger partial charge in [0, 0.05) is 6.21 Å². The van der Waals surface area contributed by atoms with Crippen molar-refractivity contribution in [3.63, 3.8) is 0 Å². The summed E-state index contributed by atoms with van der Waals surface area (Å²) in [6, 6.07) is 16.4. The third-order valence-corrected chi connectivity index (χ3v) is 2.53. The van der Waals surface area contributed by atoms with Gasteiger partial charge in [0.05, 0.1) is 5.69 Å². The normalized spacial score (nSPS) is 10.7. The molecular formula is C15H15FN2. The minimum Gasteiger partial charge on any atom is -0.279 e. The molecule has 0 aliphatic heterocycles. The lowest BCUT2D eigenvalue weighted by molar-refractivity contribution is 0.628. The fraction of sp³-hybridized carbons (Fsp3) is 0.133. The number of rotatable bonds is 5. The van der Waals surface area contributed by atoms with Crippen LogP contribution < -0.4 is 5.43 Å². The van der Waals surface area contributed by atoms with Crippen molar-refractivity contribution in [2.45, 2.75) is 12.8 Å². The number of nitrogens with zero attached hydrogens (tertiary/aromatic N) is 1. The first-order valence-corrected chi connectivity index (χ1v) is 5.91. The molecule has 1 N–H and O–H groups in total. The van der Waals surface area contributed by atoms with E-state index >= 15 is 0 Å². The summed E-state index contributed by atoms with van der Waals surface area (Å²) in [6.45, 7) is 0. The molecule has 0 atom stereocenters. The van der Waals surface area contributed by atoms with E-state index < -0.39 is 0 Å². The van der Waals surface area contributed by atoms with E-state index in [1.165, 1.54) is 17.7 Å². The predicted octanol–water partition coefficient (Wildman–Crippen LogP) is 3.86. The maximum absolute atomic E-state index is 12.7. The molecule has 2 aromatic rings. The summed E-state index contributed by atoms with van der Waals surface area (Å²) in [5.41, 5.74) is 4.94. The summed E-state index contributed by atoms with van der Waals surface area (Å²) in [6.07, 6.45) is 3.67. The number of benzene rings is 2. The number of halogens is 1. The van der Waals surface area contributed by atoms with Crippen molar-refractivity contribution >= 4 is 11.9 Å². The lowest BCUT2D eigenvalue weighted by atomic mass is 10.1. The molecule has 0 spiro atoms. The van der Waals surface area contributed by atoms with Crippen molar-refractivity contribution in [2.24, 2.45) is 5.10 Å². The van der Waals surface area contributed by atoms with Crippen LogP contribution >= 0.6 is 0 Å². The van der Waals surface area contributed by atoms with Crippen molar-refractivity contribution in [3.05, 3.63) is 66.0 Å². The highest BCUT2D eigenvalue weighted by molar-refractivity contribution is 5.59. The Bertz CT molecular complexity index is 492. The van der Waals surface area contributed by atoms with Gasteiger partial charge in [0.2, 0.25) is 0 Å². The molecule has 0 saturated carbocycles. The second-order valence-corrected chi connectivity index (χ2v) is 3.95.